The highest BCUT2D eigenvalue weighted by Gasteiger charge is 2.12. The second-order valence-electron chi connectivity index (χ2n) is 4.98. The van der Waals surface area contributed by atoms with Crippen LogP contribution in [0.15, 0.2) is 28.6 Å². The van der Waals surface area contributed by atoms with Gasteiger partial charge in [-0.05, 0) is 23.8 Å². The number of ether oxygens (including phenoxy) is 2. The Balaban J connectivity index is 1.59. The standard InChI is InChI=1S/C15H15N3O3S2/c1-9(2)22-15-18-17-14(23-15)16-13(19)6-4-10-3-5-11-12(7-10)21-8-20-11/h3-7,9H,8H2,1-2H3,(H,16,17,19)/b6-4-. The van der Waals surface area contributed by atoms with E-state index in [-0.39, 0.29) is 12.7 Å². The van der Waals surface area contributed by atoms with E-state index in [1.54, 1.807) is 17.8 Å². The molecule has 2 heterocycles. The second kappa shape index (κ2) is 7.01. The van der Waals surface area contributed by atoms with Gasteiger partial charge in [0.05, 0.1) is 0 Å². The number of nitrogens with zero attached hydrogens (tertiary/aromatic N) is 2. The van der Waals surface area contributed by atoms with Crippen LogP contribution in [0.2, 0.25) is 0 Å². The summed E-state index contributed by atoms with van der Waals surface area (Å²) in [7, 11) is 0. The maximum Gasteiger partial charge on any atom is 0.250 e. The molecule has 2 aromatic rings. The summed E-state index contributed by atoms with van der Waals surface area (Å²) in [4.78, 5) is 11.9. The Labute approximate surface area is 141 Å². The quantitative estimate of drug-likeness (QED) is 0.506. The summed E-state index contributed by atoms with van der Waals surface area (Å²) in [5.74, 6) is 1.16. The number of fused-ring (bicyclic) bond motifs is 1. The Hall–Kier alpha value is -2.06. The molecule has 3 rings (SSSR count). The van der Waals surface area contributed by atoms with Gasteiger partial charge in [0.25, 0.3) is 0 Å². The number of amides is 1. The summed E-state index contributed by atoms with van der Waals surface area (Å²) in [5.41, 5.74) is 0.859. The lowest BCUT2D eigenvalue weighted by Gasteiger charge is -1.98. The number of rotatable bonds is 5. The molecule has 1 aromatic heterocycles. The van der Waals surface area contributed by atoms with Gasteiger partial charge in [0, 0.05) is 11.3 Å². The highest BCUT2D eigenvalue weighted by atomic mass is 32.2. The number of carbonyl (C=O) groups excluding carboxylic acids is 1. The minimum absolute atomic E-state index is 0.233. The second-order valence-corrected chi connectivity index (χ2v) is 7.78. The van der Waals surface area contributed by atoms with E-state index in [1.807, 2.05) is 18.2 Å². The third-order valence-electron chi connectivity index (χ3n) is 2.80. The van der Waals surface area contributed by atoms with Crippen LogP contribution < -0.4 is 14.8 Å². The summed E-state index contributed by atoms with van der Waals surface area (Å²) in [6.45, 7) is 4.40. The summed E-state index contributed by atoms with van der Waals surface area (Å²) in [6, 6.07) is 5.51. The third-order valence-corrected chi connectivity index (χ3v) is 4.72. The lowest BCUT2D eigenvalue weighted by atomic mass is 10.2. The molecule has 120 valence electrons. The number of thioether (sulfide) groups is 1. The minimum Gasteiger partial charge on any atom is -0.454 e. The molecule has 0 radical (unpaired) electrons. The molecule has 1 aliphatic rings. The maximum absolute atomic E-state index is 11.9. The van der Waals surface area contributed by atoms with Crippen LogP contribution in [-0.2, 0) is 4.79 Å². The van der Waals surface area contributed by atoms with Crippen molar-refractivity contribution in [3.63, 3.8) is 0 Å². The van der Waals surface area contributed by atoms with Gasteiger partial charge in [-0.25, -0.2) is 0 Å². The van der Waals surface area contributed by atoms with Crippen LogP contribution in [0.25, 0.3) is 6.08 Å². The molecular weight excluding hydrogens is 334 g/mol. The monoisotopic (exact) mass is 349 g/mol. The van der Waals surface area contributed by atoms with E-state index >= 15 is 0 Å². The van der Waals surface area contributed by atoms with Crippen LogP contribution in [0.3, 0.4) is 0 Å². The highest BCUT2D eigenvalue weighted by Crippen LogP contribution is 2.33. The van der Waals surface area contributed by atoms with Crippen molar-refractivity contribution in [1.82, 2.24) is 10.2 Å². The van der Waals surface area contributed by atoms with Crippen molar-refractivity contribution in [3.05, 3.63) is 29.8 Å². The average molecular weight is 349 g/mol. The number of hydrogen-bond acceptors (Lipinski definition) is 7. The Morgan fingerprint density at radius 2 is 2.17 bits per heavy atom. The van der Waals surface area contributed by atoms with Gasteiger partial charge in [0.1, 0.15) is 0 Å². The Morgan fingerprint density at radius 1 is 1.35 bits per heavy atom. The van der Waals surface area contributed by atoms with Gasteiger partial charge in [-0.1, -0.05) is 43.0 Å². The van der Waals surface area contributed by atoms with Gasteiger partial charge in [0.2, 0.25) is 17.8 Å². The van der Waals surface area contributed by atoms with Crippen LogP contribution in [0.1, 0.15) is 19.4 Å². The van der Waals surface area contributed by atoms with E-state index in [0.717, 1.165) is 15.7 Å². The zero-order valence-electron chi connectivity index (χ0n) is 12.6. The molecule has 1 aliphatic heterocycles. The van der Waals surface area contributed by atoms with Gasteiger partial charge in [-0.15, -0.1) is 10.2 Å². The molecule has 1 N–H and O–H groups in total. The normalized spacial score (nSPS) is 13.0. The molecule has 0 unspecified atom stereocenters. The van der Waals surface area contributed by atoms with Crippen LogP contribution >= 0.6 is 23.1 Å². The van der Waals surface area contributed by atoms with Crippen molar-refractivity contribution >= 4 is 40.2 Å². The number of hydrogen-bond donors (Lipinski definition) is 1. The SMILES string of the molecule is CC(C)Sc1nnc(NC(=O)/C=C\c2ccc3c(c2)OCO3)s1. The lowest BCUT2D eigenvalue weighted by Crippen LogP contribution is -2.07. The fourth-order valence-corrected chi connectivity index (χ4v) is 3.82. The minimum atomic E-state index is -0.250. The third kappa shape index (κ3) is 4.23. The topological polar surface area (TPSA) is 73.3 Å². The molecule has 6 nitrogen and oxygen atoms in total. The zero-order valence-corrected chi connectivity index (χ0v) is 14.2. The molecule has 0 fully saturated rings. The number of anilines is 1. The molecule has 1 amide bonds. The number of nitrogens with one attached hydrogen (secondary N) is 1. The number of aromatic nitrogens is 2. The van der Waals surface area contributed by atoms with Crippen molar-refractivity contribution in [2.75, 3.05) is 12.1 Å². The number of carbonyl (C=O) groups is 1. The molecule has 1 aromatic carbocycles. The molecule has 0 spiro atoms. The van der Waals surface area contributed by atoms with E-state index < -0.39 is 0 Å². The molecule has 23 heavy (non-hydrogen) atoms. The number of benzene rings is 1. The van der Waals surface area contributed by atoms with Crippen molar-refractivity contribution in [3.8, 4) is 11.5 Å². The largest absolute Gasteiger partial charge is 0.454 e. The fraction of sp³-hybridized carbons (Fsp3) is 0.267. The van der Waals surface area contributed by atoms with Crippen molar-refractivity contribution in [2.45, 2.75) is 23.4 Å². The molecule has 0 bridgehead atoms. The first-order valence-corrected chi connectivity index (χ1v) is 8.68. The van der Waals surface area contributed by atoms with E-state index in [4.69, 9.17) is 9.47 Å². The molecular formula is C15H15N3O3S2. The van der Waals surface area contributed by atoms with Crippen molar-refractivity contribution in [2.24, 2.45) is 0 Å². The lowest BCUT2D eigenvalue weighted by molar-refractivity contribution is -0.111. The maximum atomic E-state index is 11.9. The van der Waals surface area contributed by atoms with Crippen molar-refractivity contribution in [1.29, 1.82) is 0 Å². The van der Waals surface area contributed by atoms with Gasteiger partial charge in [-0.3, -0.25) is 10.1 Å². The van der Waals surface area contributed by atoms with Crippen LogP contribution in [0.5, 0.6) is 11.5 Å². The Bertz CT molecular complexity index is 743. The van der Waals surface area contributed by atoms with E-state index in [9.17, 15) is 4.79 Å². The Morgan fingerprint density at radius 3 is 3.00 bits per heavy atom. The predicted molar refractivity (Wildman–Crippen MR) is 91.1 cm³/mol. The molecule has 0 saturated heterocycles. The smallest absolute Gasteiger partial charge is 0.250 e. The first-order chi connectivity index (χ1) is 11.1. The zero-order chi connectivity index (χ0) is 16.2. The summed E-state index contributed by atoms with van der Waals surface area (Å²) in [6.07, 6.45) is 3.16. The van der Waals surface area contributed by atoms with Crippen LogP contribution in [-0.4, -0.2) is 28.1 Å². The molecule has 0 saturated carbocycles. The fourth-order valence-electron chi connectivity index (χ4n) is 1.85. The van der Waals surface area contributed by atoms with Gasteiger partial charge in [-0.2, -0.15) is 0 Å². The molecule has 0 atom stereocenters. The van der Waals surface area contributed by atoms with Gasteiger partial charge in [0.15, 0.2) is 15.8 Å². The Kier molecular flexibility index (Phi) is 4.82. The molecule has 0 aliphatic carbocycles. The van der Waals surface area contributed by atoms with Crippen molar-refractivity contribution < 1.29 is 14.3 Å². The first kappa shape index (κ1) is 15.8. The summed E-state index contributed by atoms with van der Waals surface area (Å²) >= 11 is 2.98. The average Bonchev–Trinajstić information content (AvgIpc) is 3.13. The summed E-state index contributed by atoms with van der Waals surface area (Å²) < 4.78 is 11.4. The van der Waals surface area contributed by atoms with Crippen LogP contribution in [0, 0.1) is 0 Å². The highest BCUT2D eigenvalue weighted by molar-refractivity contribution is 8.01. The van der Waals surface area contributed by atoms with Gasteiger partial charge < -0.3 is 9.47 Å². The summed E-state index contributed by atoms with van der Waals surface area (Å²) in [5, 5.41) is 11.6. The van der Waals surface area contributed by atoms with E-state index in [2.05, 4.69) is 29.4 Å². The van der Waals surface area contributed by atoms with E-state index in [0.29, 0.717) is 16.1 Å². The van der Waals surface area contributed by atoms with Gasteiger partial charge >= 0.3 is 0 Å². The molecule has 8 heteroatoms. The first-order valence-electron chi connectivity index (χ1n) is 6.99. The predicted octanol–water partition coefficient (Wildman–Crippen LogP) is 3.42. The van der Waals surface area contributed by atoms with E-state index in [1.165, 1.54) is 17.4 Å². The van der Waals surface area contributed by atoms with Crippen LogP contribution in [0.4, 0.5) is 5.13 Å².